The van der Waals surface area contributed by atoms with Gasteiger partial charge in [0.25, 0.3) is 0 Å². The predicted octanol–water partition coefficient (Wildman–Crippen LogP) is 0.832. The van der Waals surface area contributed by atoms with Crippen molar-refractivity contribution in [3.63, 3.8) is 0 Å². The molecular weight excluding hydrogens is 156 g/mol. The first kappa shape index (κ1) is 8.46. The number of carbonyl (C=O) groups excluding carboxylic acids is 2. The van der Waals surface area contributed by atoms with Crippen molar-refractivity contribution in [2.75, 3.05) is 0 Å². The standard InChI is InChI=1S/C9H8O3/c10-6-9(7-11)12-8-4-2-1-3-5-8/h1-7,9H. The largest absolute Gasteiger partial charge is 0.475 e. The van der Waals surface area contributed by atoms with Crippen molar-refractivity contribution in [1.29, 1.82) is 0 Å². The van der Waals surface area contributed by atoms with Crippen LogP contribution in [0.3, 0.4) is 0 Å². The van der Waals surface area contributed by atoms with Crippen LogP contribution in [0.2, 0.25) is 0 Å². The number of para-hydroxylation sites is 1. The van der Waals surface area contributed by atoms with Gasteiger partial charge < -0.3 is 4.74 Å². The highest BCUT2D eigenvalue weighted by molar-refractivity contribution is 5.81. The molecule has 12 heavy (non-hydrogen) atoms. The second-order valence-corrected chi connectivity index (χ2v) is 2.17. The molecule has 0 atom stereocenters. The Kier molecular flexibility index (Phi) is 3.02. The number of benzene rings is 1. The molecule has 1 aromatic rings. The molecule has 0 saturated heterocycles. The van der Waals surface area contributed by atoms with Gasteiger partial charge in [-0.15, -0.1) is 0 Å². The highest BCUT2D eigenvalue weighted by Crippen LogP contribution is 2.09. The van der Waals surface area contributed by atoms with Gasteiger partial charge in [0.1, 0.15) is 5.75 Å². The van der Waals surface area contributed by atoms with E-state index in [9.17, 15) is 9.59 Å². The van der Waals surface area contributed by atoms with E-state index in [0.717, 1.165) is 0 Å². The minimum Gasteiger partial charge on any atom is -0.475 e. The van der Waals surface area contributed by atoms with Crippen LogP contribution in [-0.4, -0.2) is 18.7 Å². The van der Waals surface area contributed by atoms with Crippen molar-refractivity contribution >= 4 is 12.6 Å². The SMILES string of the molecule is O=CC(C=O)Oc1ccccc1. The van der Waals surface area contributed by atoms with Crippen molar-refractivity contribution in [3.05, 3.63) is 30.3 Å². The van der Waals surface area contributed by atoms with Gasteiger partial charge in [-0.1, -0.05) is 18.2 Å². The maximum Gasteiger partial charge on any atom is 0.208 e. The quantitative estimate of drug-likeness (QED) is 0.489. The molecule has 0 bridgehead atoms. The summed E-state index contributed by atoms with van der Waals surface area (Å²) in [6.07, 6.45) is -0.0765. The fraction of sp³-hybridized carbons (Fsp3) is 0.111. The number of hydrogen-bond donors (Lipinski definition) is 0. The second-order valence-electron chi connectivity index (χ2n) is 2.17. The summed E-state index contributed by atoms with van der Waals surface area (Å²) in [4.78, 5) is 20.4. The van der Waals surface area contributed by atoms with Crippen molar-refractivity contribution in [3.8, 4) is 5.75 Å². The van der Waals surface area contributed by atoms with E-state index in [2.05, 4.69) is 0 Å². The summed E-state index contributed by atoms with van der Waals surface area (Å²) in [5.74, 6) is 0.515. The molecule has 0 radical (unpaired) electrons. The molecule has 1 aromatic carbocycles. The molecule has 0 amide bonds. The summed E-state index contributed by atoms with van der Waals surface area (Å²) in [5, 5.41) is 0. The molecule has 0 N–H and O–H groups in total. The van der Waals surface area contributed by atoms with E-state index in [1.54, 1.807) is 24.3 Å². The highest BCUT2D eigenvalue weighted by Gasteiger charge is 2.05. The monoisotopic (exact) mass is 164 g/mol. The predicted molar refractivity (Wildman–Crippen MR) is 43.0 cm³/mol. The summed E-state index contributed by atoms with van der Waals surface area (Å²) in [6.45, 7) is 0. The number of carbonyl (C=O) groups is 2. The third-order valence-corrected chi connectivity index (χ3v) is 1.28. The van der Waals surface area contributed by atoms with E-state index in [1.165, 1.54) is 0 Å². The van der Waals surface area contributed by atoms with Gasteiger partial charge in [-0.2, -0.15) is 0 Å². The molecule has 1 rings (SSSR count). The van der Waals surface area contributed by atoms with Crippen LogP contribution < -0.4 is 4.74 Å². The lowest BCUT2D eigenvalue weighted by molar-refractivity contribution is -0.122. The van der Waals surface area contributed by atoms with Gasteiger partial charge in [0.05, 0.1) is 0 Å². The first-order valence-electron chi connectivity index (χ1n) is 3.49. The third kappa shape index (κ3) is 2.20. The molecule has 0 aliphatic carbocycles. The van der Waals surface area contributed by atoms with Crippen molar-refractivity contribution in [1.82, 2.24) is 0 Å². The lowest BCUT2D eigenvalue weighted by Gasteiger charge is -2.05. The van der Waals surface area contributed by atoms with Gasteiger partial charge in [0.15, 0.2) is 12.6 Å². The summed E-state index contributed by atoms with van der Waals surface area (Å²) in [6, 6.07) is 8.72. The second kappa shape index (κ2) is 4.28. The fourth-order valence-corrected chi connectivity index (χ4v) is 0.744. The van der Waals surface area contributed by atoms with Gasteiger partial charge >= 0.3 is 0 Å². The first-order valence-corrected chi connectivity index (χ1v) is 3.49. The number of hydrogen-bond acceptors (Lipinski definition) is 3. The number of aldehydes is 2. The Morgan fingerprint density at radius 3 is 2.17 bits per heavy atom. The molecule has 0 aliphatic rings. The summed E-state index contributed by atoms with van der Waals surface area (Å²) in [5.41, 5.74) is 0. The molecule has 3 heteroatoms. The molecule has 62 valence electrons. The van der Waals surface area contributed by atoms with Crippen LogP contribution in [0.25, 0.3) is 0 Å². The van der Waals surface area contributed by atoms with Crippen molar-refractivity contribution in [2.45, 2.75) is 6.10 Å². The van der Waals surface area contributed by atoms with Gasteiger partial charge in [-0.05, 0) is 12.1 Å². The molecule has 3 nitrogen and oxygen atoms in total. The Balaban J connectivity index is 2.62. The van der Waals surface area contributed by atoms with Crippen LogP contribution in [0.4, 0.5) is 0 Å². The Labute approximate surface area is 70.0 Å². The van der Waals surface area contributed by atoms with E-state index in [4.69, 9.17) is 4.74 Å². The van der Waals surface area contributed by atoms with Crippen LogP contribution in [-0.2, 0) is 9.59 Å². The van der Waals surface area contributed by atoms with Crippen LogP contribution in [0.1, 0.15) is 0 Å². The topological polar surface area (TPSA) is 43.4 Å². The number of rotatable bonds is 4. The summed E-state index contributed by atoms with van der Waals surface area (Å²) in [7, 11) is 0. The van der Waals surface area contributed by atoms with E-state index in [0.29, 0.717) is 18.3 Å². The van der Waals surface area contributed by atoms with Crippen LogP contribution in [0.15, 0.2) is 30.3 Å². The Morgan fingerprint density at radius 1 is 1.08 bits per heavy atom. The molecule has 0 aromatic heterocycles. The Bertz CT molecular complexity index is 248. The van der Waals surface area contributed by atoms with E-state index in [-0.39, 0.29) is 0 Å². The minimum absolute atomic E-state index is 0.458. The number of ether oxygens (including phenoxy) is 1. The van der Waals surface area contributed by atoms with E-state index in [1.807, 2.05) is 6.07 Å². The highest BCUT2D eigenvalue weighted by atomic mass is 16.5. The molecule has 0 fully saturated rings. The lowest BCUT2D eigenvalue weighted by atomic mass is 10.3. The molecule has 0 unspecified atom stereocenters. The average Bonchev–Trinajstić information content (AvgIpc) is 2.16. The average molecular weight is 164 g/mol. The van der Waals surface area contributed by atoms with E-state index < -0.39 is 6.10 Å². The first-order chi connectivity index (χ1) is 5.86. The van der Waals surface area contributed by atoms with Crippen LogP contribution >= 0.6 is 0 Å². The molecule has 0 saturated carbocycles. The van der Waals surface area contributed by atoms with Gasteiger partial charge in [0, 0.05) is 0 Å². The molecule has 0 spiro atoms. The van der Waals surface area contributed by atoms with Crippen molar-refractivity contribution < 1.29 is 14.3 Å². The molecule has 0 heterocycles. The lowest BCUT2D eigenvalue weighted by Crippen LogP contribution is -2.19. The van der Waals surface area contributed by atoms with Crippen LogP contribution in [0, 0.1) is 0 Å². The minimum atomic E-state index is -0.993. The van der Waals surface area contributed by atoms with Gasteiger partial charge in [-0.3, -0.25) is 9.59 Å². The maximum atomic E-state index is 10.2. The van der Waals surface area contributed by atoms with Crippen molar-refractivity contribution in [2.24, 2.45) is 0 Å². The maximum absolute atomic E-state index is 10.2. The van der Waals surface area contributed by atoms with E-state index >= 15 is 0 Å². The molecular formula is C9H8O3. The summed E-state index contributed by atoms with van der Waals surface area (Å²) >= 11 is 0. The van der Waals surface area contributed by atoms with Gasteiger partial charge in [0.2, 0.25) is 6.10 Å². The third-order valence-electron chi connectivity index (χ3n) is 1.28. The fourth-order valence-electron chi connectivity index (χ4n) is 0.744. The Morgan fingerprint density at radius 2 is 1.67 bits per heavy atom. The summed E-state index contributed by atoms with van der Waals surface area (Å²) < 4.78 is 4.98. The zero-order chi connectivity index (χ0) is 8.81. The zero-order valence-corrected chi connectivity index (χ0v) is 6.34. The van der Waals surface area contributed by atoms with Gasteiger partial charge in [-0.25, -0.2) is 0 Å². The molecule has 0 aliphatic heterocycles. The Hall–Kier alpha value is -1.64. The smallest absolute Gasteiger partial charge is 0.208 e. The normalized spacial score (nSPS) is 9.42. The zero-order valence-electron chi connectivity index (χ0n) is 6.34. The van der Waals surface area contributed by atoms with Crippen LogP contribution in [0.5, 0.6) is 5.75 Å².